The van der Waals surface area contributed by atoms with Crippen LogP contribution in [0.15, 0.2) is 24.3 Å². The molecular formula is C13H18FNO. The molecule has 2 rings (SSSR count). The molecule has 1 aliphatic rings. The second-order valence-electron chi connectivity index (χ2n) is 4.68. The van der Waals surface area contributed by atoms with Crippen LogP contribution in [-0.4, -0.2) is 24.8 Å². The quantitative estimate of drug-likeness (QED) is 0.818. The molecule has 0 atom stereocenters. The highest BCUT2D eigenvalue weighted by Gasteiger charge is 2.32. The zero-order valence-corrected chi connectivity index (χ0v) is 9.38. The molecular weight excluding hydrogens is 205 g/mol. The summed E-state index contributed by atoms with van der Waals surface area (Å²) < 4.78 is 13.6. The van der Waals surface area contributed by atoms with Crippen molar-refractivity contribution in [1.82, 2.24) is 5.32 Å². The molecule has 0 bridgehead atoms. The van der Waals surface area contributed by atoms with Gasteiger partial charge in [0.15, 0.2) is 0 Å². The van der Waals surface area contributed by atoms with Crippen LogP contribution in [0.25, 0.3) is 0 Å². The lowest BCUT2D eigenvalue weighted by molar-refractivity contribution is 0.0884. The zero-order chi connectivity index (χ0) is 11.4. The van der Waals surface area contributed by atoms with E-state index in [-0.39, 0.29) is 17.8 Å². The average Bonchev–Trinajstić information content (AvgIpc) is 2.33. The van der Waals surface area contributed by atoms with Crippen LogP contribution in [0.4, 0.5) is 4.39 Å². The Morgan fingerprint density at radius 1 is 1.25 bits per heavy atom. The van der Waals surface area contributed by atoms with Crippen LogP contribution in [0.2, 0.25) is 0 Å². The summed E-state index contributed by atoms with van der Waals surface area (Å²) in [5.74, 6) is -0.158. The maximum absolute atomic E-state index is 13.6. The number of piperidine rings is 1. The third kappa shape index (κ3) is 2.42. The van der Waals surface area contributed by atoms with E-state index < -0.39 is 0 Å². The summed E-state index contributed by atoms with van der Waals surface area (Å²) in [7, 11) is 0. The predicted octanol–water partition coefficient (Wildman–Crippen LogP) is 1.73. The molecule has 3 heteroatoms. The van der Waals surface area contributed by atoms with Gasteiger partial charge in [-0.05, 0) is 49.4 Å². The first-order valence-corrected chi connectivity index (χ1v) is 5.81. The third-order valence-electron chi connectivity index (χ3n) is 3.52. The van der Waals surface area contributed by atoms with Gasteiger partial charge in [-0.15, -0.1) is 0 Å². The monoisotopic (exact) mass is 223 g/mol. The van der Waals surface area contributed by atoms with Crippen molar-refractivity contribution in [2.24, 2.45) is 5.41 Å². The van der Waals surface area contributed by atoms with Gasteiger partial charge in [-0.2, -0.15) is 0 Å². The Morgan fingerprint density at radius 3 is 2.56 bits per heavy atom. The largest absolute Gasteiger partial charge is 0.396 e. The summed E-state index contributed by atoms with van der Waals surface area (Å²) in [6.45, 7) is 1.97. The number of rotatable bonds is 3. The first kappa shape index (κ1) is 11.6. The van der Waals surface area contributed by atoms with Crippen molar-refractivity contribution in [3.8, 4) is 0 Å². The zero-order valence-electron chi connectivity index (χ0n) is 9.38. The van der Waals surface area contributed by atoms with Gasteiger partial charge < -0.3 is 10.4 Å². The van der Waals surface area contributed by atoms with Gasteiger partial charge in [-0.1, -0.05) is 18.2 Å². The first-order chi connectivity index (χ1) is 7.76. The lowest BCUT2D eigenvalue weighted by atomic mass is 9.75. The number of hydrogen-bond donors (Lipinski definition) is 2. The molecule has 0 saturated carbocycles. The van der Waals surface area contributed by atoms with Crippen LogP contribution in [0, 0.1) is 11.2 Å². The second kappa shape index (κ2) is 4.93. The highest BCUT2D eigenvalue weighted by Crippen LogP contribution is 2.32. The molecule has 1 heterocycles. The summed E-state index contributed by atoms with van der Waals surface area (Å²) in [6, 6.07) is 6.85. The molecule has 1 aromatic rings. The van der Waals surface area contributed by atoms with Crippen LogP contribution in [-0.2, 0) is 6.42 Å². The van der Waals surface area contributed by atoms with Crippen LogP contribution in [0.5, 0.6) is 0 Å². The second-order valence-corrected chi connectivity index (χ2v) is 4.68. The number of hydrogen-bond acceptors (Lipinski definition) is 2. The smallest absolute Gasteiger partial charge is 0.126 e. The highest BCUT2D eigenvalue weighted by molar-refractivity contribution is 5.19. The first-order valence-electron chi connectivity index (χ1n) is 5.81. The van der Waals surface area contributed by atoms with E-state index in [4.69, 9.17) is 0 Å². The number of nitrogens with one attached hydrogen (secondary N) is 1. The molecule has 1 fully saturated rings. The summed E-state index contributed by atoms with van der Waals surface area (Å²) >= 11 is 0. The Labute approximate surface area is 95.5 Å². The van der Waals surface area contributed by atoms with E-state index >= 15 is 0 Å². The summed E-state index contributed by atoms with van der Waals surface area (Å²) in [6.07, 6.45) is 2.47. The van der Waals surface area contributed by atoms with E-state index in [0.717, 1.165) is 31.5 Å². The SMILES string of the molecule is OCC1(Cc2ccccc2F)CCNCC1. The van der Waals surface area contributed by atoms with Gasteiger partial charge in [0.05, 0.1) is 0 Å². The molecule has 16 heavy (non-hydrogen) atoms. The molecule has 2 N–H and O–H groups in total. The van der Waals surface area contributed by atoms with Crippen molar-refractivity contribution in [3.05, 3.63) is 35.6 Å². The van der Waals surface area contributed by atoms with Gasteiger partial charge in [-0.3, -0.25) is 0 Å². The minimum atomic E-state index is -0.158. The molecule has 0 aromatic heterocycles. The Hall–Kier alpha value is -0.930. The number of halogens is 1. The van der Waals surface area contributed by atoms with Crippen molar-refractivity contribution < 1.29 is 9.50 Å². The van der Waals surface area contributed by atoms with Crippen molar-refractivity contribution in [2.75, 3.05) is 19.7 Å². The highest BCUT2D eigenvalue weighted by atomic mass is 19.1. The Morgan fingerprint density at radius 2 is 1.94 bits per heavy atom. The molecule has 88 valence electrons. The van der Waals surface area contributed by atoms with Gasteiger partial charge in [0.1, 0.15) is 5.82 Å². The van der Waals surface area contributed by atoms with Crippen LogP contribution < -0.4 is 5.32 Å². The third-order valence-corrected chi connectivity index (χ3v) is 3.52. The molecule has 0 spiro atoms. The predicted molar refractivity (Wildman–Crippen MR) is 61.7 cm³/mol. The van der Waals surface area contributed by atoms with E-state index in [1.165, 1.54) is 6.07 Å². The van der Waals surface area contributed by atoms with Crippen LogP contribution in [0.1, 0.15) is 18.4 Å². The minimum Gasteiger partial charge on any atom is -0.396 e. The fourth-order valence-electron chi connectivity index (χ4n) is 2.39. The molecule has 1 saturated heterocycles. The molecule has 0 amide bonds. The van der Waals surface area contributed by atoms with Crippen LogP contribution in [0.3, 0.4) is 0 Å². The maximum Gasteiger partial charge on any atom is 0.126 e. The fourth-order valence-corrected chi connectivity index (χ4v) is 2.39. The van der Waals surface area contributed by atoms with Gasteiger partial charge in [-0.25, -0.2) is 4.39 Å². The fraction of sp³-hybridized carbons (Fsp3) is 0.538. The normalized spacial score (nSPS) is 19.6. The lowest BCUT2D eigenvalue weighted by Gasteiger charge is -2.36. The van der Waals surface area contributed by atoms with Crippen molar-refractivity contribution in [3.63, 3.8) is 0 Å². The van der Waals surface area contributed by atoms with Crippen molar-refractivity contribution in [1.29, 1.82) is 0 Å². The number of benzene rings is 1. The van der Waals surface area contributed by atoms with E-state index in [2.05, 4.69) is 5.32 Å². The van der Waals surface area contributed by atoms with E-state index in [1.54, 1.807) is 6.07 Å². The lowest BCUT2D eigenvalue weighted by Crippen LogP contribution is -2.40. The van der Waals surface area contributed by atoms with E-state index in [0.29, 0.717) is 6.42 Å². The van der Waals surface area contributed by atoms with Crippen molar-refractivity contribution >= 4 is 0 Å². The molecule has 0 unspecified atom stereocenters. The average molecular weight is 223 g/mol. The molecule has 1 aromatic carbocycles. The number of aliphatic hydroxyl groups excluding tert-OH is 1. The standard InChI is InChI=1S/C13H18FNO/c14-12-4-2-1-3-11(12)9-13(10-16)5-7-15-8-6-13/h1-4,15-16H,5-10H2. The Kier molecular flexibility index (Phi) is 3.56. The van der Waals surface area contributed by atoms with Crippen LogP contribution >= 0.6 is 0 Å². The Balaban J connectivity index is 2.15. The van der Waals surface area contributed by atoms with Gasteiger partial charge in [0.25, 0.3) is 0 Å². The number of aliphatic hydroxyl groups is 1. The van der Waals surface area contributed by atoms with Gasteiger partial charge in [0.2, 0.25) is 0 Å². The maximum atomic E-state index is 13.6. The summed E-state index contributed by atoms with van der Waals surface area (Å²) in [5.41, 5.74) is 0.589. The minimum absolute atomic E-state index is 0.132. The molecule has 0 radical (unpaired) electrons. The van der Waals surface area contributed by atoms with Crippen molar-refractivity contribution in [2.45, 2.75) is 19.3 Å². The molecule has 2 nitrogen and oxygen atoms in total. The van der Waals surface area contributed by atoms with E-state index in [9.17, 15) is 9.50 Å². The topological polar surface area (TPSA) is 32.3 Å². The molecule has 1 aliphatic heterocycles. The van der Waals surface area contributed by atoms with Gasteiger partial charge in [0, 0.05) is 6.61 Å². The summed E-state index contributed by atoms with van der Waals surface area (Å²) in [4.78, 5) is 0. The van der Waals surface area contributed by atoms with Gasteiger partial charge >= 0.3 is 0 Å². The van der Waals surface area contributed by atoms with E-state index in [1.807, 2.05) is 12.1 Å². The molecule has 0 aliphatic carbocycles. The summed E-state index contributed by atoms with van der Waals surface area (Å²) in [5, 5.41) is 12.8. The Bertz CT molecular complexity index is 348.